The quantitative estimate of drug-likeness (QED) is 0.681. The third-order valence-corrected chi connectivity index (χ3v) is 7.97. The van der Waals surface area contributed by atoms with Gasteiger partial charge in [0.2, 0.25) is 5.91 Å². The Bertz CT molecular complexity index is 1060. The Kier molecular flexibility index (Phi) is 6.44. The maximum atomic E-state index is 14.0. The third-order valence-electron chi connectivity index (χ3n) is 7.97. The summed E-state index contributed by atoms with van der Waals surface area (Å²) in [5.41, 5.74) is 2.89. The summed E-state index contributed by atoms with van der Waals surface area (Å²) in [7, 11) is 1.66. The number of aliphatic hydroxyl groups is 1. The molecule has 8 heteroatoms. The molecule has 8 nitrogen and oxygen atoms in total. The molecule has 2 aliphatic heterocycles. The molecule has 3 heterocycles. The molecule has 188 valence electrons. The van der Waals surface area contributed by atoms with Crippen LogP contribution in [0.5, 0.6) is 5.75 Å². The lowest BCUT2D eigenvalue weighted by Crippen LogP contribution is -2.53. The molecule has 1 amide bonds. The highest BCUT2D eigenvalue weighted by Crippen LogP contribution is 2.43. The number of piperazine rings is 1. The molecule has 2 saturated heterocycles. The molecule has 0 unspecified atom stereocenters. The lowest BCUT2D eigenvalue weighted by atomic mass is 9.88. The fraction of sp³-hybridized carbons (Fsp3) is 0.593. The van der Waals surface area contributed by atoms with E-state index in [4.69, 9.17) is 4.74 Å². The van der Waals surface area contributed by atoms with Crippen LogP contribution in [-0.4, -0.2) is 70.8 Å². The average Bonchev–Trinajstić information content (AvgIpc) is 3.37. The van der Waals surface area contributed by atoms with E-state index in [0.29, 0.717) is 19.5 Å². The maximum Gasteiger partial charge on any atom is 0.231 e. The minimum Gasteiger partial charge on any atom is -0.497 e. The zero-order valence-corrected chi connectivity index (χ0v) is 21.2. The number of carbonyl (C=O) groups is 1. The van der Waals surface area contributed by atoms with Gasteiger partial charge in [0, 0.05) is 43.3 Å². The fourth-order valence-electron chi connectivity index (χ4n) is 6.06. The highest BCUT2D eigenvalue weighted by atomic mass is 16.5. The first kappa shape index (κ1) is 24.0. The van der Waals surface area contributed by atoms with Gasteiger partial charge in [-0.25, -0.2) is 9.97 Å². The predicted octanol–water partition coefficient (Wildman–Crippen LogP) is 2.99. The number of fused-ring (bicyclic) bond motifs is 1. The van der Waals surface area contributed by atoms with Crippen LogP contribution in [0.3, 0.4) is 0 Å². The first-order chi connectivity index (χ1) is 16.8. The SMILES string of the molecule is COc1ccc([C@H](C(=O)N2CCN(c3ncnc4c3[C@H](C)C[C@H]4O)CC2)[C@@H]2CCC(C)(C)N2)cc1. The van der Waals surface area contributed by atoms with Gasteiger partial charge in [-0.15, -0.1) is 0 Å². The lowest BCUT2D eigenvalue weighted by molar-refractivity contribution is -0.133. The van der Waals surface area contributed by atoms with Crippen molar-refractivity contribution in [3.63, 3.8) is 0 Å². The van der Waals surface area contributed by atoms with Gasteiger partial charge in [0.15, 0.2) is 0 Å². The predicted molar refractivity (Wildman–Crippen MR) is 135 cm³/mol. The Morgan fingerprint density at radius 2 is 1.89 bits per heavy atom. The molecule has 1 aliphatic carbocycles. The highest BCUT2D eigenvalue weighted by molar-refractivity contribution is 5.85. The van der Waals surface area contributed by atoms with Crippen molar-refractivity contribution in [2.45, 2.75) is 69.6 Å². The van der Waals surface area contributed by atoms with Crippen molar-refractivity contribution in [1.29, 1.82) is 0 Å². The molecule has 0 bridgehead atoms. The van der Waals surface area contributed by atoms with Gasteiger partial charge in [0.25, 0.3) is 0 Å². The summed E-state index contributed by atoms with van der Waals surface area (Å²) >= 11 is 0. The van der Waals surface area contributed by atoms with Crippen molar-refractivity contribution in [2.75, 3.05) is 38.2 Å². The molecule has 0 spiro atoms. The summed E-state index contributed by atoms with van der Waals surface area (Å²) in [6, 6.07) is 8.05. The van der Waals surface area contributed by atoms with E-state index in [2.05, 4.69) is 41.0 Å². The molecular weight excluding hydrogens is 442 g/mol. The van der Waals surface area contributed by atoms with E-state index in [1.54, 1.807) is 13.4 Å². The summed E-state index contributed by atoms with van der Waals surface area (Å²) in [6.45, 7) is 9.28. The number of nitrogens with zero attached hydrogens (tertiary/aromatic N) is 4. The van der Waals surface area contributed by atoms with Crippen LogP contribution < -0.4 is 15.0 Å². The lowest BCUT2D eigenvalue weighted by Gasteiger charge is -2.39. The van der Waals surface area contributed by atoms with Gasteiger partial charge in [0.05, 0.1) is 24.8 Å². The van der Waals surface area contributed by atoms with Crippen LogP contribution in [0.1, 0.15) is 74.8 Å². The monoisotopic (exact) mass is 479 g/mol. The zero-order valence-electron chi connectivity index (χ0n) is 21.2. The van der Waals surface area contributed by atoms with Crippen molar-refractivity contribution < 1.29 is 14.6 Å². The number of aromatic nitrogens is 2. The molecular formula is C27H37N5O3. The molecule has 3 aliphatic rings. The Morgan fingerprint density at radius 1 is 1.17 bits per heavy atom. The summed E-state index contributed by atoms with van der Waals surface area (Å²) in [5, 5.41) is 14.1. The molecule has 1 aromatic heterocycles. The van der Waals surface area contributed by atoms with Crippen LogP contribution in [0.4, 0.5) is 5.82 Å². The minimum absolute atomic E-state index is 0.0308. The van der Waals surface area contributed by atoms with Gasteiger partial charge in [0.1, 0.15) is 17.9 Å². The van der Waals surface area contributed by atoms with E-state index in [0.717, 1.165) is 54.3 Å². The minimum atomic E-state index is -0.516. The zero-order chi connectivity index (χ0) is 24.7. The van der Waals surface area contributed by atoms with Gasteiger partial charge in [-0.1, -0.05) is 19.1 Å². The number of amides is 1. The smallest absolute Gasteiger partial charge is 0.231 e. The van der Waals surface area contributed by atoms with Crippen LogP contribution in [0.2, 0.25) is 0 Å². The molecule has 1 aromatic carbocycles. The number of hydrogen-bond donors (Lipinski definition) is 2. The van der Waals surface area contributed by atoms with Crippen LogP contribution >= 0.6 is 0 Å². The summed E-state index contributed by atoms with van der Waals surface area (Å²) in [5.74, 6) is 1.89. The van der Waals surface area contributed by atoms with E-state index in [1.165, 1.54) is 0 Å². The van der Waals surface area contributed by atoms with Gasteiger partial charge < -0.3 is 25.0 Å². The molecule has 0 saturated carbocycles. The van der Waals surface area contributed by atoms with Crippen molar-refractivity contribution in [1.82, 2.24) is 20.2 Å². The summed E-state index contributed by atoms with van der Waals surface area (Å²) in [6.07, 6.45) is 3.75. The number of hydrogen-bond acceptors (Lipinski definition) is 7. The average molecular weight is 480 g/mol. The molecule has 2 N–H and O–H groups in total. The second-order valence-electron chi connectivity index (χ2n) is 10.9. The number of ether oxygens (including phenoxy) is 1. The van der Waals surface area contributed by atoms with Crippen LogP contribution in [0.25, 0.3) is 0 Å². The highest BCUT2D eigenvalue weighted by Gasteiger charge is 2.41. The molecule has 0 radical (unpaired) electrons. The number of nitrogens with one attached hydrogen (secondary N) is 1. The van der Waals surface area contributed by atoms with E-state index in [-0.39, 0.29) is 29.3 Å². The van der Waals surface area contributed by atoms with Crippen LogP contribution in [0.15, 0.2) is 30.6 Å². The van der Waals surface area contributed by atoms with Crippen molar-refractivity contribution >= 4 is 11.7 Å². The summed E-state index contributed by atoms with van der Waals surface area (Å²) in [4.78, 5) is 27.1. The number of methoxy groups -OCH3 is 1. The number of rotatable bonds is 5. The standard InChI is InChI=1S/C27H37N5O3/c1-17-15-21(33)24-22(17)25(29-16-28-24)31-11-13-32(14-12-31)26(34)23(20-9-10-27(2,3)30-20)18-5-7-19(35-4)8-6-18/h5-8,16-17,20-21,23,30,33H,9-15H2,1-4H3/t17-,20+,21-,23+/m1/s1. The topological polar surface area (TPSA) is 90.8 Å². The van der Waals surface area contributed by atoms with Gasteiger partial charge in [-0.3, -0.25) is 4.79 Å². The first-order valence-corrected chi connectivity index (χ1v) is 12.8. The van der Waals surface area contributed by atoms with E-state index in [9.17, 15) is 9.90 Å². The van der Waals surface area contributed by atoms with Crippen molar-refractivity contribution in [3.05, 3.63) is 47.4 Å². The van der Waals surface area contributed by atoms with Crippen molar-refractivity contribution in [3.8, 4) is 5.75 Å². The van der Waals surface area contributed by atoms with E-state index < -0.39 is 6.10 Å². The van der Waals surface area contributed by atoms with E-state index >= 15 is 0 Å². The fourth-order valence-corrected chi connectivity index (χ4v) is 6.06. The molecule has 2 aromatic rings. The number of benzene rings is 1. The Labute approximate surface area is 207 Å². The Hall–Kier alpha value is -2.71. The molecule has 5 rings (SSSR count). The van der Waals surface area contributed by atoms with Crippen LogP contribution in [-0.2, 0) is 4.79 Å². The number of carbonyl (C=O) groups excluding carboxylic acids is 1. The van der Waals surface area contributed by atoms with Gasteiger partial charge >= 0.3 is 0 Å². The Balaban J connectivity index is 1.34. The molecule has 2 fully saturated rings. The van der Waals surface area contributed by atoms with Gasteiger partial charge in [-0.2, -0.15) is 0 Å². The summed E-state index contributed by atoms with van der Waals surface area (Å²) < 4.78 is 5.34. The maximum absolute atomic E-state index is 14.0. The van der Waals surface area contributed by atoms with Crippen molar-refractivity contribution in [2.24, 2.45) is 0 Å². The first-order valence-electron chi connectivity index (χ1n) is 12.8. The molecule has 35 heavy (non-hydrogen) atoms. The normalized spacial score (nSPS) is 26.5. The van der Waals surface area contributed by atoms with Crippen LogP contribution in [0, 0.1) is 0 Å². The van der Waals surface area contributed by atoms with E-state index in [1.807, 2.05) is 29.2 Å². The second kappa shape index (κ2) is 9.39. The third kappa shape index (κ3) is 4.61. The molecule has 4 atom stereocenters. The number of anilines is 1. The Morgan fingerprint density at radius 3 is 2.51 bits per heavy atom. The van der Waals surface area contributed by atoms with Gasteiger partial charge in [-0.05, 0) is 56.7 Å². The second-order valence-corrected chi connectivity index (χ2v) is 10.9. The largest absolute Gasteiger partial charge is 0.497 e. The number of aliphatic hydroxyl groups excluding tert-OH is 1.